The fourth-order valence-corrected chi connectivity index (χ4v) is 3.43. The highest BCUT2D eigenvalue weighted by molar-refractivity contribution is 5.90. The van der Waals surface area contributed by atoms with Gasteiger partial charge in [0.1, 0.15) is 6.04 Å². The van der Waals surface area contributed by atoms with Crippen molar-refractivity contribution < 1.29 is 9.59 Å². The molecule has 2 fully saturated rings. The average Bonchev–Trinajstić information content (AvgIpc) is 2.49. The van der Waals surface area contributed by atoms with Gasteiger partial charge in [-0.15, -0.1) is 0 Å². The zero-order chi connectivity index (χ0) is 14.9. The fourth-order valence-electron chi connectivity index (χ4n) is 3.43. The number of hydrogen-bond donors (Lipinski definition) is 1. The van der Waals surface area contributed by atoms with Crippen LogP contribution in [0.5, 0.6) is 0 Å². The highest BCUT2D eigenvalue weighted by Gasteiger charge is 2.40. The summed E-state index contributed by atoms with van der Waals surface area (Å²) in [6.45, 7) is 8.89. The van der Waals surface area contributed by atoms with Crippen LogP contribution in [0.25, 0.3) is 0 Å². The lowest BCUT2D eigenvalue weighted by Gasteiger charge is -2.39. The second-order valence-corrected chi connectivity index (χ2v) is 7.57. The molecule has 3 unspecified atom stereocenters. The van der Waals surface area contributed by atoms with Crippen molar-refractivity contribution in [3.63, 3.8) is 0 Å². The molecule has 1 aliphatic carbocycles. The molecule has 0 spiro atoms. The lowest BCUT2D eigenvalue weighted by Crippen LogP contribution is -2.54. The lowest BCUT2D eigenvalue weighted by molar-refractivity contribution is -0.139. The van der Waals surface area contributed by atoms with Crippen LogP contribution >= 0.6 is 0 Å². The van der Waals surface area contributed by atoms with E-state index >= 15 is 0 Å². The number of rotatable bonds is 1. The van der Waals surface area contributed by atoms with Crippen molar-refractivity contribution in [2.24, 2.45) is 11.3 Å². The minimum absolute atomic E-state index is 0.00429. The number of hydrogen-bond acceptors (Lipinski definition) is 2. The first-order valence-electron chi connectivity index (χ1n) is 7.89. The van der Waals surface area contributed by atoms with E-state index in [2.05, 4.69) is 12.2 Å². The number of nitrogens with zero attached hydrogens (tertiary/aromatic N) is 1. The largest absolute Gasteiger partial charge is 0.344 e. The Morgan fingerprint density at radius 2 is 1.90 bits per heavy atom. The first-order valence-corrected chi connectivity index (χ1v) is 7.89. The summed E-state index contributed by atoms with van der Waals surface area (Å²) >= 11 is 0. The third-order valence-electron chi connectivity index (χ3n) is 4.63. The quantitative estimate of drug-likeness (QED) is 0.801. The molecule has 1 saturated heterocycles. The second-order valence-electron chi connectivity index (χ2n) is 7.57. The highest BCUT2D eigenvalue weighted by atomic mass is 16.2. The Balaban J connectivity index is 2.19. The van der Waals surface area contributed by atoms with Gasteiger partial charge in [-0.05, 0) is 24.2 Å². The molecule has 0 aromatic heterocycles. The van der Waals surface area contributed by atoms with Crippen LogP contribution in [0.4, 0.5) is 0 Å². The van der Waals surface area contributed by atoms with Crippen molar-refractivity contribution >= 4 is 11.8 Å². The zero-order valence-corrected chi connectivity index (χ0v) is 13.2. The first-order chi connectivity index (χ1) is 9.29. The Morgan fingerprint density at radius 1 is 1.20 bits per heavy atom. The van der Waals surface area contributed by atoms with Crippen molar-refractivity contribution in [3.8, 4) is 0 Å². The molecule has 2 aliphatic rings. The van der Waals surface area contributed by atoms with E-state index in [-0.39, 0.29) is 17.2 Å². The smallest absolute Gasteiger partial charge is 0.245 e. The second kappa shape index (κ2) is 5.74. The summed E-state index contributed by atoms with van der Waals surface area (Å²) in [5.41, 5.74) is -0.240. The van der Waals surface area contributed by atoms with Gasteiger partial charge in [-0.2, -0.15) is 0 Å². The van der Waals surface area contributed by atoms with Crippen molar-refractivity contribution in [3.05, 3.63) is 0 Å². The van der Waals surface area contributed by atoms with Crippen molar-refractivity contribution in [2.45, 2.75) is 71.9 Å². The Kier molecular flexibility index (Phi) is 4.40. The molecule has 1 aliphatic heterocycles. The lowest BCUT2D eigenvalue weighted by atomic mass is 9.83. The molecule has 1 saturated carbocycles. The van der Waals surface area contributed by atoms with Gasteiger partial charge in [0.25, 0.3) is 0 Å². The monoisotopic (exact) mass is 280 g/mol. The van der Waals surface area contributed by atoms with Crippen LogP contribution in [0.2, 0.25) is 0 Å². The van der Waals surface area contributed by atoms with Crippen molar-refractivity contribution in [1.29, 1.82) is 0 Å². The van der Waals surface area contributed by atoms with E-state index in [0.29, 0.717) is 24.9 Å². The van der Waals surface area contributed by atoms with Crippen LogP contribution in [0.15, 0.2) is 0 Å². The molecule has 4 nitrogen and oxygen atoms in total. The fraction of sp³-hybridized carbons (Fsp3) is 0.875. The van der Waals surface area contributed by atoms with E-state index < -0.39 is 6.04 Å². The molecule has 0 aromatic carbocycles. The van der Waals surface area contributed by atoms with Crippen LogP contribution in [-0.4, -0.2) is 35.3 Å². The normalized spacial score (nSPS) is 32.8. The summed E-state index contributed by atoms with van der Waals surface area (Å²) < 4.78 is 0. The summed E-state index contributed by atoms with van der Waals surface area (Å²) in [7, 11) is 0. The van der Waals surface area contributed by atoms with E-state index in [1.807, 2.05) is 25.7 Å². The maximum atomic E-state index is 12.9. The van der Waals surface area contributed by atoms with Gasteiger partial charge in [0.2, 0.25) is 11.8 Å². The van der Waals surface area contributed by atoms with E-state index in [4.69, 9.17) is 0 Å². The van der Waals surface area contributed by atoms with Gasteiger partial charge in [0, 0.05) is 19.0 Å². The summed E-state index contributed by atoms with van der Waals surface area (Å²) in [5, 5.41) is 2.92. The molecule has 2 rings (SSSR count). The zero-order valence-electron chi connectivity index (χ0n) is 13.2. The minimum Gasteiger partial charge on any atom is -0.344 e. The standard InChI is InChI=1S/C16H28N2O2/c1-11-6-5-7-12(10-11)18-9-8-13(19)17-14(15(18)20)16(2,3)4/h11-12,14H,5-10H2,1-4H3,(H,17,19). The SMILES string of the molecule is CC1CCCC(N2CCC(=O)NC(C(C)(C)C)C2=O)C1. The highest BCUT2D eigenvalue weighted by Crippen LogP contribution is 2.30. The third kappa shape index (κ3) is 3.33. The van der Waals surface area contributed by atoms with Gasteiger partial charge >= 0.3 is 0 Å². The minimum atomic E-state index is -0.394. The molecule has 1 N–H and O–H groups in total. The van der Waals surface area contributed by atoms with Crippen LogP contribution < -0.4 is 5.32 Å². The van der Waals surface area contributed by atoms with E-state index in [1.54, 1.807) is 0 Å². The molecule has 0 bridgehead atoms. The number of nitrogens with one attached hydrogen (secondary N) is 1. The van der Waals surface area contributed by atoms with Crippen LogP contribution in [-0.2, 0) is 9.59 Å². The summed E-state index contributed by atoms with van der Waals surface area (Å²) in [6.07, 6.45) is 5.05. The molecule has 3 atom stereocenters. The molecule has 4 heteroatoms. The van der Waals surface area contributed by atoms with Crippen molar-refractivity contribution in [2.75, 3.05) is 6.54 Å². The number of carbonyl (C=O) groups excluding carboxylic acids is 2. The average molecular weight is 280 g/mol. The Bertz CT molecular complexity index is 386. The van der Waals surface area contributed by atoms with Crippen LogP contribution in [0.3, 0.4) is 0 Å². The van der Waals surface area contributed by atoms with Gasteiger partial charge in [0.15, 0.2) is 0 Å². The van der Waals surface area contributed by atoms with Gasteiger partial charge in [-0.3, -0.25) is 9.59 Å². The summed E-state index contributed by atoms with van der Waals surface area (Å²) in [6, 6.07) is -0.0708. The molecule has 0 aromatic rings. The molecule has 20 heavy (non-hydrogen) atoms. The van der Waals surface area contributed by atoms with Gasteiger partial charge in [-0.25, -0.2) is 0 Å². The predicted molar refractivity (Wildman–Crippen MR) is 79.1 cm³/mol. The topological polar surface area (TPSA) is 49.4 Å². The Labute approximate surface area is 122 Å². The van der Waals surface area contributed by atoms with Gasteiger partial charge < -0.3 is 10.2 Å². The number of amides is 2. The Morgan fingerprint density at radius 3 is 2.50 bits per heavy atom. The predicted octanol–water partition coefficient (Wildman–Crippen LogP) is 2.33. The summed E-state index contributed by atoms with van der Waals surface area (Å²) in [5.74, 6) is 0.800. The maximum Gasteiger partial charge on any atom is 0.245 e. The Hall–Kier alpha value is -1.06. The van der Waals surface area contributed by atoms with E-state index in [9.17, 15) is 9.59 Å². The molecule has 2 amide bonds. The molecular formula is C16H28N2O2. The van der Waals surface area contributed by atoms with Gasteiger partial charge in [-0.1, -0.05) is 40.5 Å². The van der Waals surface area contributed by atoms with Crippen LogP contribution in [0.1, 0.15) is 59.8 Å². The molecular weight excluding hydrogens is 252 g/mol. The maximum absolute atomic E-state index is 12.9. The van der Waals surface area contributed by atoms with Gasteiger partial charge in [0.05, 0.1) is 0 Å². The third-order valence-corrected chi connectivity index (χ3v) is 4.63. The van der Waals surface area contributed by atoms with Crippen LogP contribution in [0, 0.1) is 11.3 Å². The molecule has 1 heterocycles. The molecule has 0 radical (unpaired) electrons. The summed E-state index contributed by atoms with van der Waals surface area (Å²) in [4.78, 5) is 26.7. The van der Waals surface area contributed by atoms with Crippen molar-refractivity contribution in [1.82, 2.24) is 10.2 Å². The van der Waals surface area contributed by atoms with E-state index in [0.717, 1.165) is 12.8 Å². The first kappa shape index (κ1) is 15.3. The molecule has 114 valence electrons. The van der Waals surface area contributed by atoms with E-state index in [1.165, 1.54) is 12.8 Å². The number of carbonyl (C=O) groups is 2.